The molecule has 7 heteroatoms. The Bertz CT molecular complexity index is 628. The van der Waals surface area contributed by atoms with E-state index in [1.807, 2.05) is 11.6 Å². The molecular weight excluding hydrogens is 320 g/mol. The summed E-state index contributed by atoms with van der Waals surface area (Å²) >= 11 is 0. The van der Waals surface area contributed by atoms with Crippen LogP contribution >= 0.6 is 0 Å². The van der Waals surface area contributed by atoms with E-state index in [0.29, 0.717) is 43.0 Å². The van der Waals surface area contributed by atoms with Gasteiger partial charge in [0.25, 0.3) is 0 Å². The minimum absolute atomic E-state index is 0.308. The summed E-state index contributed by atoms with van der Waals surface area (Å²) in [6.07, 6.45) is 5.82. The zero-order valence-corrected chi connectivity index (χ0v) is 15.2. The number of Topliss-reactive ketones (excluding diaryl/α,β-unsaturated/α-hetero) is 1. The Balaban J connectivity index is 1.53. The topological polar surface area (TPSA) is 86.1 Å². The molecule has 2 aliphatic rings. The molecule has 0 radical (unpaired) electrons. The van der Waals surface area contributed by atoms with Gasteiger partial charge in [0.15, 0.2) is 0 Å². The van der Waals surface area contributed by atoms with Crippen molar-refractivity contribution >= 4 is 11.9 Å². The predicted molar refractivity (Wildman–Crippen MR) is 92.1 cm³/mol. The molecule has 7 nitrogen and oxygen atoms in total. The van der Waals surface area contributed by atoms with Crippen LogP contribution in [0.2, 0.25) is 0 Å². The number of amides is 1. The molecule has 0 aliphatic heterocycles. The third kappa shape index (κ3) is 4.19. The SMILES string of the molecule is CCC(=O)CCCn1nnc2c1CC[C@@H]1[C@H](CC2)[C@@H]1COC(=O)NC. The van der Waals surface area contributed by atoms with Crippen LogP contribution in [-0.2, 0) is 28.9 Å². The highest BCUT2D eigenvalue weighted by Crippen LogP contribution is 2.52. The van der Waals surface area contributed by atoms with E-state index < -0.39 is 0 Å². The molecule has 138 valence electrons. The van der Waals surface area contributed by atoms with Crippen LogP contribution in [0, 0.1) is 17.8 Å². The van der Waals surface area contributed by atoms with Crippen LogP contribution in [-0.4, -0.2) is 40.5 Å². The molecule has 0 aromatic carbocycles. The number of carbonyl (C=O) groups excluding carboxylic acids is 2. The summed E-state index contributed by atoms with van der Waals surface area (Å²) in [6.45, 7) is 3.19. The Morgan fingerprint density at radius 2 is 2.04 bits per heavy atom. The van der Waals surface area contributed by atoms with E-state index in [1.54, 1.807) is 7.05 Å². The van der Waals surface area contributed by atoms with Crippen LogP contribution in [0.3, 0.4) is 0 Å². The monoisotopic (exact) mass is 348 g/mol. The van der Waals surface area contributed by atoms with Gasteiger partial charge in [-0.05, 0) is 49.9 Å². The number of ketones is 1. The van der Waals surface area contributed by atoms with Gasteiger partial charge in [-0.3, -0.25) is 4.79 Å². The lowest BCUT2D eigenvalue weighted by atomic mass is 10.0. The Morgan fingerprint density at radius 3 is 2.76 bits per heavy atom. The van der Waals surface area contributed by atoms with Gasteiger partial charge in [-0.15, -0.1) is 5.10 Å². The Kier molecular flexibility index (Phi) is 5.71. The number of ether oxygens (including phenoxy) is 1. The first-order valence-corrected chi connectivity index (χ1v) is 9.41. The zero-order chi connectivity index (χ0) is 17.8. The van der Waals surface area contributed by atoms with Crippen LogP contribution in [0.5, 0.6) is 0 Å². The molecule has 1 amide bonds. The van der Waals surface area contributed by atoms with E-state index in [0.717, 1.165) is 44.3 Å². The van der Waals surface area contributed by atoms with Gasteiger partial charge in [-0.2, -0.15) is 0 Å². The van der Waals surface area contributed by atoms with Crippen molar-refractivity contribution in [2.75, 3.05) is 13.7 Å². The molecule has 3 rings (SSSR count). The third-order valence-corrected chi connectivity index (χ3v) is 5.69. The summed E-state index contributed by atoms with van der Waals surface area (Å²) < 4.78 is 7.24. The molecule has 1 saturated carbocycles. The molecule has 25 heavy (non-hydrogen) atoms. The number of carbonyl (C=O) groups is 2. The fourth-order valence-electron chi connectivity index (χ4n) is 4.10. The number of alkyl carbamates (subject to hydrolysis) is 1. The maximum atomic E-state index is 11.5. The van der Waals surface area contributed by atoms with Crippen molar-refractivity contribution in [2.45, 2.75) is 58.4 Å². The van der Waals surface area contributed by atoms with Gasteiger partial charge >= 0.3 is 6.09 Å². The molecule has 0 saturated heterocycles. The molecule has 3 atom stereocenters. The van der Waals surface area contributed by atoms with Gasteiger partial charge in [0.1, 0.15) is 5.78 Å². The lowest BCUT2D eigenvalue weighted by molar-refractivity contribution is -0.118. The average Bonchev–Trinajstić information content (AvgIpc) is 3.12. The lowest BCUT2D eigenvalue weighted by Gasteiger charge is -2.10. The van der Waals surface area contributed by atoms with Crippen LogP contribution in [0.15, 0.2) is 0 Å². The van der Waals surface area contributed by atoms with Crippen molar-refractivity contribution < 1.29 is 14.3 Å². The number of rotatable bonds is 7. The standard InChI is InChI=1S/C18H28N4O3/c1-3-12(23)5-4-10-22-17-9-7-14-13(6-8-16(17)20-21-22)15(14)11-25-18(24)19-2/h13-15H,3-11H2,1-2H3,(H,19,24)/t13-,14+,15-/m0/s1. The van der Waals surface area contributed by atoms with Crippen LogP contribution < -0.4 is 5.32 Å². The van der Waals surface area contributed by atoms with Crippen molar-refractivity contribution in [3.63, 3.8) is 0 Å². The molecule has 1 fully saturated rings. The average molecular weight is 348 g/mol. The summed E-state index contributed by atoms with van der Waals surface area (Å²) in [6, 6.07) is 0. The number of nitrogens with zero attached hydrogens (tertiary/aromatic N) is 3. The minimum atomic E-state index is -0.346. The Hall–Kier alpha value is -1.92. The second kappa shape index (κ2) is 7.97. The quantitative estimate of drug-likeness (QED) is 0.816. The first kappa shape index (κ1) is 17.9. The summed E-state index contributed by atoms with van der Waals surface area (Å²) in [5.41, 5.74) is 2.35. The van der Waals surface area contributed by atoms with Gasteiger partial charge in [0, 0.05) is 26.4 Å². The van der Waals surface area contributed by atoms with Crippen molar-refractivity contribution in [3.8, 4) is 0 Å². The second-order valence-electron chi connectivity index (χ2n) is 7.12. The third-order valence-electron chi connectivity index (χ3n) is 5.69. The van der Waals surface area contributed by atoms with Crippen molar-refractivity contribution in [2.24, 2.45) is 17.8 Å². The van der Waals surface area contributed by atoms with Crippen molar-refractivity contribution in [1.29, 1.82) is 0 Å². The largest absolute Gasteiger partial charge is 0.449 e. The first-order chi connectivity index (χ1) is 12.1. The summed E-state index contributed by atoms with van der Waals surface area (Å²) in [4.78, 5) is 22.7. The second-order valence-corrected chi connectivity index (χ2v) is 7.12. The molecule has 0 unspecified atom stereocenters. The smallest absolute Gasteiger partial charge is 0.406 e. The normalized spacial score (nSPS) is 24.5. The van der Waals surface area contributed by atoms with Crippen LogP contribution in [0.4, 0.5) is 4.79 Å². The molecule has 2 aliphatic carbocycles. The van der Waals surface area contributed by atoms with E-state index in [1.165, 1.54) is 5.69 Å². The van der Waals surface area contributed by atoms with E-state index >= 15 is 0 Å². The summed E-state index contributed by atoms with van der Waals surface area (Å²) in [5, 5.41) is 11.2. The van der Waals surface area contributed by atoms with Gasteiger partial charge in [-0.1, -0.05) is 12.1 Å². The minimum Gasteiger partial charge on any atom is -0.449 e. The van der Waals surface area contributed by atoms with Crippen molar-refractivity contribution in [3.05, 3.63) is 11.4 Å². The fraction of sp³-hybridized carbons (Fsp3) is 0.778. The van der Waals surface area contributed by atoms with E-state index in [2.05, 4.69) is 15.6 Å². The van der Waals surface area contributed by atoms with Gasteiger partial charge in [-0.25, -0.2) is 9.48 Å². The molecule has 1 aromatic rings. The number of hydrogen-bond donors (Lipinski definition) is 1. The van der Waals surface area contributed by atoms with Crippen LogP contribution in [0.1, 0.15) is 50.4 Å². The Labute approximate surface area is 148 Å². The van der Waals surface area contributed by atoms with E-state index in [-0.39, 0.29) is 6.09 Å². The zero-order valence-electron chi connectivity index (χ0n) is 15.2. The highest BCUT2D eigenvalue weighted by atomic mass is 16.5. The maximum Gasteiger partial charge on any atom is 0.406 e. The maximum absolute atomic E-state index is 11.5. The van der Waals surface area contributed by atoms with Gasteiger partial charge < -0.3 is 10.1 Å². The first-order valence-electron chi connectivity index (χ1n) is 9.41. The summed E-state index contributed by atoms with van der Waals surface area (Å²) in [7, 11) is 1.58. The molecule has 1 aromatic heterocycles. The fourth-order valence-corrected chi connectivity index (χ4v) is 4.10. The van der Waals surface area contributed by atoms with Gasteiger partial charge in [0.05, 0.1) is 18.0 Å². The van der Waals surface area contributed by atoms with E-state index in [9.17, 15) is 9.59 Å². The van der Waals surface area contributed by atoms with E-state index in [4.69, 9.17) is 4.74 Å². The molecule has 0 spiro atoms. The number of fused-ring (bicyclic) bond motifs is 2. The van der Waals surface area contributed by atoms with Crippen LogP contribution in [0.25, 0.3) is 0 Å². The highest BCUT2D eigenvalue weighted by molar-refractivity contribution is 5.77. The number of hydrogen-bond acceptors (Lipinski definition) is 5. The predicted octanol–water partition coefficient (Wildman–Crippen LogP) is 2.13. The van der Waals surface area contributed by atoms with Crippen molar-refractivity contribution in [1.82, 2.24) is 20.3 Å². The molecular formula is C18H28N4O3. The number of aromatic nitrogens is 3. The highest BCUT2D eigenvalue weighted by Gasteiger charge is 2.50. The molecule has 1 heterocycles. The molecule has 1 N–H and O–H groups in total. The lowest BCUT2D eigenvalue weighted by Crippen LogP contribution is -2.20. The summed E-state index contributed by atoms with van der Waals surface area (Å²) in [5.74, 6) is 2.08. The Morgan fingerprint density at radius 1 is 1.28 bits per heavy atom. The number of aryl methyl sites for hydroxylation is 2. The molecule has 0 bridgehead atoms. The van der Waals surface area contributed by atoms with Gasteiger partial charge in [0.2, 0.25) is 0 Å². The number of nitrogens with one attached hydrogen (secondary N) is 1.